The molecule has 1 aliphatic carbocycles. The van der Waals surface area contributed by atoms with Crippen molar-refractivity contribution in [3.8, 4) is 0 Å². The Kier molecular flexibility index (Phi) is 2.26. The van der Waals surface area contributed by atoms with Gasteiger partial charge < -0.3 is 10.8 Å². The summed E-state index contributed by atoms with van der Waals surface area (Å²) < 4.78 is 0. The van der Waals surface area contributed by atoms with Crippen LogP contribution in [0.25, 0.3) is 0 Å². The summed E-state index contributed by atoms with van der Waals surface area (Å²) in [6.45, 7) is 6.94. The number of hydrogen-bond acceptors (Lipinski definition) is 2. The predicted molar refractivity (Wildman–Crippen MR) is 46.1 cm³/mol. The zero-order valence-corrected chi connectivity index (χ0v) is 7.67. The van der Waals surface area contributed by atoms with E-state index in [9.17, 15) is 5.11 Å². The fourth-order valence-corrected chi connectivity index (χ4v) is 1.79. The number of aliphatic hydroxyl groups excluding tert-OH is 1. The van der Waals surface area contributed by atoms with E-state index in [1.165, 1.54) is 0 Å². The summed E-state index contributed by atoms with van der Waals surface area (Å²) in [6, 6.07) is 0. The fraction of sp³-hybridized carbons (Fsp3) is 1.00. The molecular weight excluding hydrogens is 138 g/mol. The van der Waals surface area contributed by atoms with Crippen molar-refractivity contribution in [3.63, 3.8) is 0 Å². The van der Waals surface area contributed by atoms with Gasteiger partial charge in [0.2, 0.25) is 0 Å². The normalized spacial score (nSPS) is 41.7. The molecule has 2 nitrogen and oxygen atoms in total. The van der Waals surface area contributed by atoms with E-state index in [4.69, 9.17) is 5.73 Å². The van der Waals surface area contributed by atoms with Gasteiger partial charge in [-0.3, -0.25) is 0 Å². The second-order valence-electron chi connectivity index (χ2n) is 4.27. The number of nitrogens with two attached hydrogens (primary N) is 1. The molecular formula is C9H19NO. The van der Waals surface area contributed by atoms with E-state index in [2.05, 4.69) is 13.8 Å². The molecule has 0 aromatic heterocycles. The standard InChI is InChI=1S/C9H19NO/c1-6(5-10)8(11)9(3)4-7(9)2/h6-8,11H,4-5,10H2,1-3H3. The molecule has 0 amide bonds. The van der Waals surface area contributed by atoms with E-state index in [0.717, 1.165) is 6.42 Å². The summed E-state index contributed by atoms with van der Waals surface area (Å²) in [5.74, 6) is 0.913. The molecule has 2 heteroatoms. The Balaban J connectivity index is 2.48. The number of aliphatic hydroxyl groups is 1. The Morgan fingerprint density at radius 2 is 2.18 bits per heavy atom. The maximum absolute atomic E-state index is 9.81. The molecule has 1 saturated carbocycles. The van der Waals surface area contributed by atoms with Gasteiger partial charge in [0.15, 0.2) is 0 Å². The van der Waals surface area contributed by atoms with Crippen molar-refractivity contribution in [2.75, 3.05) is 6.54 Å². The minimum Gasteiger partial charge on any atom is -0.392 e. The molecule has 1 aliphatic rings. The van der Waals surface area contributed by atoms with Crippen molar-refractivity contribution in [2.24, 2.45) is 23.0 Å². The maximum Gasteiger partial charge on any atom is 0.0633 e. The second-order valence-corrected chi connectivity index (χ2v) is 4.27. The van der Waals surface area contributed by atoms with Crippen LogP contribution in [0.5, 0.6) is 0 Å². The van der Waals surface area contributed by atoms with Gasteiger partial charge in [-0.25, -0.2) is 0 Å². The van der Waals surface area contributed by atoms with Crippen LogP contribution in [0.3, 0.4) is 0 Å². The van der Waals surface area contributed by atoms with Crippen molar-refractivity contribution < 1.29 is 5.11 Å². The van der Waals surface area contributed by atoms with E-state index in [1.807, 2.05) is 6.92 Å². The lowest BCUT2D eigenvalue weighted by molar-refractivity contribution is 0.0488. The minimum absolute atomic E-state index is 0.165. The van der Waals surface area contributed by atoms with Crippen LogP contribution in [0.15, 0.2) is 0 Å². The Hall–Kier alpha value is -0.0800. The Labute approximate surface area is 68.8 Å². The van der Waals surface area contributed by atoms with Crippen LogP contribution in [0.4, 0.5) is 0 Å². The van der Waals surface area contributed by atoms with Crippen LogP contribution in [-0.2, 0) is 0 Å². The molecule has 0 aromatic rings. The van der Waals surface area contributed by atoms with E-state index < -0.39 is 0 Å². The molecule has 0 heterocycles. The molecule has 0 spiro atoms. The van der Waals surface area contributed by atoms with Gasteiger partial charge in [-0.15, -0.1) is 0 Å². The minimum atomic E-state index is -0.206. The van der Waals surface area contributed by atoms with Gasteiger partial charge in [0.1, 0.15) is 0 Å². The molecule has 0 radical (unpaired) electrons. The molecule has 1 rings (SSSR count). The van der Waals surface area contributed by atoms with E-state index in [0.29, 0.717) is 12.5 Å². The monoisotopic (exact) mass is 157 g/mol. The summed E-state index contributed by atoms with van der Waals surface area (Å²) in [4.78, 5) is 0. The molecule has 0 aliphatic heterocycles. The van der Waals surface area contributed by atoms with Crippen molar-refractivity contribution in [3.05, 3.63) is 0 Å². The highest BCUT2D eigenvalue weighted by Gasteiger charge is 2.52. The first-order valence-electron chi connectivity index (χ1n) is 4.40. The third-order valence-electron chi connectivity index (χ3n) is 3.30. The Morgan fingerprint density at radius 1 is 1.73 bits per heavy atom. The smallest absolute Gasteiger partial charge is 0.0633 e. The highest BCUT2D eigenvalue weighted by atomic mass is 16.3. The molecule has 4 atom stereocenters. The van der Waals surface area contributed by atoms with Crippen molar-refractivity contribution in [1.29, 1.82) is 0 Å². The average Bonchev–Trinajstić information content (AvgIpc) is 2.58. The first kappa shape index (κ1) is 9.01. The van der Waals surface area contributed by atoms with Crippen LogP contribution in [0.2, 0.25) is 0 Å². The Bertz CT molecular complexity index is 148. The summed E-state index contributed by atoms with van der Waals surface area (Å²) in [7, 11) is 0. The first-order valence-corrected chi connectivity index (χ1v) is 4.40. The predicted octanol–water partition coefficient (Wildman–Crippen LogP) is 0.988. The van der Waals surface area contributed by atoms with E-state index in [1.54, 1.807) is 0 Å². The van der Waals surface area contributed by atoms with E-state index >= 15 is 0 Å². The van der Waals surface area contributed by atoms with Crippen LogP contribution < -0.4 is 5.73 Å². The third-order valence-corrected chi connectivity index (χ3v) is 3.30. The number of rotatable bonds is 3. The second kappa shape index (κ2) is 2.76. The van der Waals surface area contributed by atoms with Gasteiger partial charge in [0.05, 0.1) is 6.10 Å². The van der Waals surface area contributed by atoms with Crippen LogP contribution in [0.1, 0.15) is 27.2 Å². The van der Waals surface area contributed by atoms with Gasteiger partial charge in [-0.05, 0) is 30.2 Å². The molecule has 1 fully saturated rings. The highest BCUT2D eigenvalue weighted by molar-refractivity contribution is 5.02. The fourth-order valence-electron chi connectivity index (χ4n) is 1.79. The SMILES string of the molecule is CC(CN)C(O)C1(C)CC1C. The largest absolute Gasteiger partial charge is 0.392 e. The highest BCUT2D eigenvalue weighted by Crippen LogP contribution is 2.55. The lowest BCUT2D eigenvalue weighted by atomic mass is 9.89. The molecule has 0 aromatic carbocycles. The van der Waals surface area contributed by atoms with Gasteiger partial charge >= 0.3 is 0 Å². The van der Waals surface area contributed by atoms with Crippen LogP contribution >= 0.6 is 0 Å². The summed E-state index contributed by atoms with van der Waals surface area (Å²) >= 11 is 0. The lowest BCUT2D eigenvalue weighted by Gasteiger charge is -2.24. The van der Waals surface area contributed by atoms with Crippen molar-refractivity contribution in [2.45, 2.75) is 33.3 Å². The summed E-state index contributed by atoms with van der Waals surface area (Å²) in [5, 5.41) is 9.81. The third kappa shape index (κ3) is 1.42. The zero-order chi connectivity index (χ0) is 8.65. The average molecular weight is 157 g/mol. The van der Waals surface area contributed by atoms with Crippen LogP contribution in [0, 0.1) is 17.3 Å². The summed E-state index contributed by atoms with van der Waals surface area (Å²) in [5.41, 5.74) is 5.65. The first-order chi connectivity index (χ1) is 5.02. The molecule has 11 heavy (non-hydrogen) atoms. The zero-order valence-electron chi connectivity index (χ0n) is 7.67. The van der Waals surface area contributed by atoms with Crippen molar-refractivity contribution in [1.82, 2.24) is 0 Å². The van der Waals surface area contributed by atoms with Crippen molar-refractivity contribution >= 4 is 0 Å². The topological polar surface area (TPSA) is 46.2 Å². The number of hydrogen-bond donors (Lipinski definition) is 2. The van der Waals surface area contributed by atoms with E-state index in [-0.39, 0.29) is 17.4 Å². The lowest BCUT2D eigenvalue weighted by Crippen LogP contribution is -2.32. The Morgan fingerprint density at radius 3 is 2.45 bits per heavy atom. The molecule has 4 unspecified atom stereocenters. The van der Waals surface area contributed by atoms with Gasteiger partial charge in [-0.2, -0.15) is 0 Å². The van der Waals surface area contributed by atoms with Gasteiger partial charge in [-0.1, -0.05) is 20.8 Å². The molecule has 66 valence electrons. The van der Waals surface area contributed by atoms with Gasteiger partial charge in [0, 0.05) is 0 Å². The molecule has 3 N–H and O–H groups in total. The quantitative estimate of drug-likeness (QED) is 0.641. The summed E-state index contributed by atoms with van der Waals surface area (Å²) in [6.07, 6.45) is 0.945. The molecule has 0 bridgehead atoms. The maximum atomic E-state index is 9.81. The van der Waals surface area contributed by atoms with Crippen LogP contribution in [-0.4, -0.2) is 17.8 Å². The van der Waals surface area contributed by atoms with Gasteiger partial charge in [0.25, 0.3) is 0 Å². The molecule has 0 saturated heterocycles.